The molecule has 2 nitrogen and oxygen atoms in total. The standard InChI is InChI=1S/C13H20ClNO/c1-13(2)7-5-10(6-8-13)15-9-11-3-4-12(14)16-11/h3-4,10,15H,5-9H2,1-2H3. The normalized spacial score (nSPS) is 21.2. The Bertz CT molecular complexity index is 335. The minimum absolute atomic E-state index is 0.474. The molecule has 1 aromatic rings. The van der Waals surface area contributed by atoms with Crippen molar-refractivity contribution in [1.29, 1.82) is 0 Å². The largest absolute Gasteiger partial charge is 0.448 e. The quantitative estimate of drug-likeness (QED) is 0.866. The Kier molecular flexibility index (Phi) is 3.60. The van der Waals surface area contributed by atoms with Gasteiger partial charge in [0.2, 0.25) is 0 Å². The third-order valence-corrected chi connectivity index (χ3v) is 3.74. The Hall–Kier alpha value is -0.470. The van der Waals surface area contributed by atoms with Gasteiger partial charge in [-0.15, -0.1) is 0 Å². The van der Waals surface area contributed by atoms with E-state index in [0.717, 1.165) is 12.3 Å². The average Bonchev–Trinajstić information content (AvgIpc) is 2.63. The second-order valence-electron chi connectivity index (χ2n) is 5.53. The molecular weight excluding hydrogens is 222 g/mol. The molecule has 1 aromatic heterocycles. The van der Waals surface area contributed by atoms with E-state index in [4.69, 9.17) is 16.0 Å². The lowest BCUT2D eigenvalue weighted by Crippen LogP contribution is -2.35. The van der Waals surface area contributed by atoms with Gasteiger partial charge in [0.05, 0.1) is 6.54 Å². The van der Waals surface area contributed by atoms with Gasteiger partial charge in [-0.3, -0.25) is 0 Å². The van der Waals surface area contributed by atoms with Gasteiger partial charge in [0.15, 0.2) is 5.22 Å². The molecule has 16 heavy (non-hydrogen) atoms. The molecule has 1 aliphatic rings. The Labute approximate surface area is 102 Å². The van der Waals surface area contributed by atoms with Crippen LogP contribution in [0.25, 0.3) is 0 Å². The highest BCUT2D eigenvalue weighted by atomic mass is 35.5. The molecule has 0 aliphatic heterocycles. The van der Waals surface area contributed by atoms with Crippen LogP contribution in [0.4, 0.5) is 0 Å². The van der Waals surface area contributed by atoms with Crippen LogP contribution in [-0.2, 0) is 6.54 Å². The average molecular weight is 242 g/mol. The number of hydrogen-bond donors (Lipinski definition) is 1. The fourth-order valence-corrected chi connectivity index (χ4v) is 2.46. The molecule has 1 heterocycles. The minimum atomic E-state index is 0.474. The van der Waals surface area contributed by atoms with Crippen molar-refractivity contribution in [3.8, 4) is 0 Å². The summed E-state index contributed by atoms with van der Waals surface area (Å²) in [6.45, 7) is 5.50. The van der Waals surface area contributed by atoms with Crippen LogP contribution in [-0.4, -0.2) is 6.04 Å². The van der Waals surface area contributed by atoms with E-state index in [9.17, 15) is 0 Å². The molecule has 1 aliphatic carbocycles. The van der Waals surface area contributed by atoms with Gasteiger partial charge in [-0.25, -0.2) is 0 Å². The topological polar surface area (TPSA) is 25.2 Å². The summed E-state index contributed by atoms with van der Waals surface area (Å²) in [5.74, 6) is 0.926. The third-order valence-electron chi connectivity index (χ3n) is 3.53. The van der Waals surface area contributed by atoms with Gasteiger partial charge in [0.1, 0.15) is 5.76 Å². The van der Waals surface area contributed by atoms with Crippen LogP contribution in [0.3, 0.4) is 0 Å². The lowest BCUT2D eigenvalue weighted by atomic mass is 9.75. The number of nitrogens with one attached hydrogen (secondary N) is 1. The van der Waals surface area contributed by atoms with Crippen molar-refractivity contribution in [2.24, 2.45) is 5.41 Å². The van der Waals surface area contributed by atoms with Gasteiger partial charge in [-0.2, -0.15) is 0 Å². The van der Waals surface area contributed by atoms with Crippen LogP contribution in [0.2, 0.25) is 5.22 Å². The monoisotopic (exact) mass is 241 g/mol. The zero-order chi connectivity index (χ0) is 11.6. The highest BCUT2D eigenvalue weighted by molar-refractivity contribution is 6.28. The van der Waals surface area contributed by atoms with Crippen LogP contribution in [0.1, 0.15) is 45.3 Å². The van der Waals surface area contributed by atoms with Crippen LogP contribution >= 0.6 is 11.6 Å². The van der Waals surface area contributed by atoms with E-state index >= 15 is 0 Å². The summed E-state index contributed by atoms with van der Waals surface area (Å²) in [4.78, 5) is 0. The number of furan rings is 1. The second kappa shape index (κ2) is 4.80. The maximum Gasteiger partial charge on any atom is 0.193 e. The van der Waals surface area contributed by atoms with Crippen molar-refractivity contribution in [1.82, 2.24) is 5.32 Å². The highest BCUT2D eigenvalue weighted by Gasteiger charge is 2.26. The zero-order valence-electron chi connectivity index (χ0n) is 10.1. The van der Waals surface area contributed by atoms with Crippen molar-refractivity contribution >= 4 is 11.6 Å². The molecule has 0 spiro atoms. The molecule has 1 fully saturated rings. The molecule has 0 bridgehead atoms. The fraction of sp³-hybridized carbons (Fsp3) is 0.692. The molecule has 0 saturated heterocycles. The first-order valence-electron chi connectivity index (χ1n) is 6.03. The molecule has 0 amide bonds. The first-order chi connectivity index (χ1) is 7.55. The summed E-state index contributed by atoms with van der Waals surface area (Å²) in [6, 6.07) is 4.36. The van der Waals surface area contributed by atoms with Gasteiger partial charge >= 0.3 is 0 Å². The Morgan fingerprint density at radius 2 is 2.06 bits per heavy atom. The van der Waals surface area contributed by atoms with Gasteiger partial charge < -0.3 is 9.73 Å². The molecular formula is C13H20ClNO. The lowest BCUT2D eigenvalue weighted by Gasteiger charge is -2.34. The molecule has 1 N–H and O–H groups in total. The van der Waals surface area contributed by atoms with Crippen LogP contribution in [0, 0.1) is 5.41 Å². The third kappa shape index (κ3) is 3.26. The summed E-state index contributed by atoms with van der Waals surface area (Å²) in [6.07, 6.45) is 5.15. The smallest absolute Gasteiger partial charge is 0.193 e. The van der Waals surface area contributed by atoms with Gasteiger partial charge in [0.25, 0.3) is 0 Å². The summed E-state index contributed by atoms with van der Waals surface area (Å²) in [5.41, 5.74) is 0.534. The Morgan fingerprint density at radius 3 is 2.62 bits per heavy atom. The van der Waals surface area contributed by atoms with E-state index in [1.165, 1.54) is 25.7 Å². The van der Waals surface area contributed by atoms with Crippen molar-refractivity contribution in [2.45, 2.75) is 52.1 Å². The van der Waals surface area contributed by atoms with E-state index in [1.807, 2.05) is 6.07 Å². The Morgan fingerprint density at radius 1 is 1.38 bits per heavy atom. The van der Waals surface area contributed by atoms with Crippen LogP contribution in [0.5, 0.6) is 0 Å². The zero-order valence-corrected chi connectivity index (χ0v) is 10.8. The van der Waals surface area contributed by atoms with Crippen molar-refractivity contribution in [2.75, 3.05) is 0 Å². The SMILES string of the molecule is CC1(C)CCC(NCc2ccc(Cl)o2)CC1. The van der Waals surface area contributed by atoms with E-state index in [2.05, 4.69) is 19.2 Å². The fourth-order valence-electron chi connectivity index (χ4n) is 2.30. The van der Waals surface area contributed by atoms with Gasteiger partial charge in [0, 0.05) is 6.04 Å². The highest BCUT2D eigenvalue weighted by Crippen LogP contribution is 2.35. The number of hydrogen-bond acceptors (Lipinski definition) is 2. The summed E-state index contributed by atoms with van der Waals surface area (Å²) in [7, 11) is 0. The van der Waals surface area contributed by atoms with E-state index in [1.54, 1.807) is 6.07 Å². The first kappa shape index (κ1) is 12.0. The number of halogens is 1. The molecule has 0 radical (unpaired) electrons. The van der Waals surface area contributed by atoms with Crippen molar-refractivity contribution in [3.05, 3.63) is 23.1 Å². The van der Waals surface area contributed by atoms with Crippen LogP contribution < -0.4 is 5.32 Å². The molecule has 0 atom stereocenters. The van der Waals surface area contributed by atoms with Gasteiger partial charge in [-0.05, 0) is 54.8 Å². The van der Waals surface area contributed by atoms with Crippen molar-refractivity contribution < 1.29 is 4.42 Å². The molecule has 0 aromatic carbocycles. The molecule has 0 unspecified atom stereocenters. The van der Waals surface area contributed by atoms with E-state index < -0.39 is 0 Å². The van der Waals surface area contributed by atoms with Gasteiger partial charge in [-0.1, -0.05) is 13.8 Å². The maximum absolute atomic E-state index is 5.72. The summed E-state index contributed by atoms with van der Waals surface area (Å²) >= 11 is 5.72. The minimum Gasteiger partial charge on any atom is -0.448 e. The Balaban J connectivity index is 1.75. The van der Waals surface area contributed by atoms with Crippen molar-refractivity contribution in [3.63, 3.8) is 0 Å². The first-order valence-corrected chi connectivity index (χ1v) is 6.41. The lowest BCUT2D eigenvalue weighted by molar-refractivity contribution is 0.204. The molecule has 2 rings (SSSR count). The number of rotatable bonds is 3. The van der Waals surface area contributed by atoms with E-state index in [-0.39, 0.29) is 0 Å². The summed E-state index contributed by atoms with van der Waals surface area (Å²) in [5, 5.41) is 4.01. The molecule has 90 valence electrons. The second-order valence-corrected chi connectivity index (χ2v) is 5.90. The summed E-state index contributed by atoms with van der Waals surface area (Å²) < 4.78 is 5.32. The predicted octanol–water partition coefficient (Wildman–Crippen LogP) is 3.99. The molecule has 3 heteroatoms. The van der Waals surface area contributed by atoms with E-state index in [0.29, 0.717) is 16.7 Å². The maximum atomic E-state index is 5.72. The molecule has 1 saturated carbocycles. The predicted molar refractivity (Wildman–Crippen MR) is 66.6 cm³/mol. The van der Waals surface area contributed by atoms with Crippen LogP contribution in [0.15, 0.2) is 16.5 Å².